The number of hydrogen-bond donors (Lipinski definition) is 1. The summed E-state index contributed by atoms with van der Waals surface area (Å²) in [4.78, 5) is 2.12. The summed E-state index contributed by atoms with van der Waals surface area (Å²) in [5, 5.41) is 4.22. The maximum absolute atomic E-state index is 5.67. The molecule has 0 aliphatic heterocycles. The molecule has 1 N–H and O–H groups in total. The molecule has 4 saturated carbocycles. The Morgan fingerprint density at radius 3 is 2.10 bits per heavy atom. The van der Waals surface area contributed by atoms with E-state index in [1.165, 1.54) is 38.5 Å². The lowest BCUT2D eigenvalue weighted by molar-refractivity contribution is -0.0127. The number of nitrogens with zero attached hydrogens (tertiary/aromatic N) is 1. The molecular formula is C15H27ClN2OS. The van der Waals surface area contributed by atoms with Crippen LogP contribution >= 0.6 is 24.6 Å². The monoisotopic (exact) mass is 318 g/mol. The SMILES string of the molecule is CN(C)CCOC(=S)NC12CC3CC(CC(C3)C1)C2.Cl. The third-order valence-electron chi connectivity index (χ3n) is 5.18. The van der Waals surface area contributed by atoms with Gasteiger partial charge in [-0.05, 0) is 82.6 Å². The molecular weight excluding hydrogens is 292 g/mol. The van der Waals surface area contributed by atoms with Crippen LogP contribution in [-0.4, -0.2) is 42.9 Å². The average molecular weight is 319 g/mol. The van der Waals surface area contributed by atoms with Gasteiger partial charge in [0.1, 0.15) is 6.61 Å². The van der Waals surface area contributed by atoms with E-state index in [0.717, 1.165) is 24.3 Å². The second kappa shape index (κ2) is 6.37. The van der Waals surface area contributed by atoms with Gasteiger partial charge in [-0.25, -0.2) is 0 Å². The summed E-state index contributed by atoms with van der Waals surface area (Å²) in [6, 6.07) is 0. The van der Waals surface area contributed by atoms with Gasteiger partial charge in [0.25, 0.3) is 5.17 Å². The zero-order valence-corrected chi connectivity index (χ0v) is 14.2. The Labute approximate surface area is 134 Å². The van der Waals surface area contributed by atoms with Gasteiger partial charge in [0.2, 0.25) is 0 Å². The van der Waals surface area contributed by atoms with Crippen molar-refractivity contribution in [1.29, 1.82) is 0 Å². The normalized spacial score (nSPS) is 37.6. The van der Waals surface area contributed by atoms with E-state index in [9.17, 15) is 0 Å². The zero-order valence-electron chi connectivity index (χ0n) is 12.6. The molecule has 0 aromatic carbocycles. The summed E-state index contributed by atoms with van der Waals surface area (Å²) in [6.07, 6.45) is 8.35. The first kappa shape index (κ1) is 16.3. The van der Waals surface area contributed by atoms with E-state index in [1.54, 1.807) is 0 Å². The van der Waals surface area contributed by atoms with Gasteiger partial charge < -0.3 is 15.0 Å². The van der Waals surface area contributed by atoms with Crippen LogP contribution in [0.5, 0.6) is 0 Å². The van der Waals surface area contributed by atoms with E-state index < -0.39 is 0 Å². The molecule has 4 aliphatic carbocycles. The highest BCUT2D eigenvalue weighted by Crippen LogP contribution is 2.55. The topological polar surface area (TPSA) is 24.5 Å². The molecule has 3 nitrogen and oxygen atoms in total. The summed E-state index contributed by atoms with van der Waals surface area (Å²) < 4.78 is 5.67. The number of thiocarbonyl (C=S) groups is 1. The average Bonchev–Trinajstić information content (AvgIpc) is 2.25. The zero-order chi connectivity index (χ0) is 13.5. The second-order valence-corrected chi connectivity index (χ2v) is 7.63. The van der Waals surface area contributed by atoms with Crippen LogP contribution in [0.25, 0.3) is 0 Å². The predicted molar refractivity (Wildman–Crippen MR) is 88.4 cm³/mol. The largest absolute Gasteiger partial charge is 0.470 e. The first-order valence-corrected chi connectivity index (χ1v) is 8.05. The van der Waals surface area contributed by atoms with E-state index >= 15 is 0 Å². The fourth-order valence-corrected chi connectivity index (χ4v) is 5.14. The fourth-order valence-electron chi connectivity index (χ4n) is 4.84. The van der Waals surface area contributed by atoms with Crippen molar-refractivity contribution in [3.63, 3.8) is 0 Å². The van der Waals surface area contributed by atoms with Crippen LogP contribution in [0.3, 0.4) is 0 Å². The van der Waals surface area contributed by atoms with E-state index in [1.807, 2.05) is 0 Å². The summed E-state index contributed by atoms with van der Waals surface area (Å²) in [7, 11) is 4.11. The smallest absolute Gasteiger partial charge is 0.257 e. The minimum absolute atomic E-state index is 0. The van der Waals surface area contributed by atoms with Crippen LogP contribution in [0.2, 0.25) is 0 Å². The maximum atomic E-state index is 5.67. The number of ether oxygens (including phenoxy) is 1. The Balaban J connectivity index is 0.00000147. The van der Waals surface area contributed by atoms with Crippen LogP contribution in [0, 0.1) is 17.8 Å². The summed E-state index contributed by atoms with van der Waals surface area (Å²) in [5.41, 5.74) is 0.282. The predicted octanol–water partition coefficient (Wildman–Crippen LogP) is 2.83. The molecule has 0 saturated heterocycles. The van der Waals surface area contributed by atoms with Gasteiger partial charge in [-0.15, -0.1) is 12.4 Å². The molecule has 4 bridgehead atoms. The molecule has 5 heteroatoms. The van der Waals surface area contributed by atoms with Crippen LogP contribution in [0.1, 0.15) is 38.5 Å². The number of rotatable bonds is 4. The third-order valence-corrected chi connectivity index (χ3v) is 5.40. The van der Waals surface area contributed by atoms with Crippen LogP contribution in [0.15, 0.2) is 0 Å². The van der Waals surface area contributed by atoms with E-state index in [0.29, 0.717) is 11.8 Å². The number of likely N-dealkylation sites (N-methyl/N-ethyl adjacent to an activating group) is 1. The number of nitrogens with one attached hydrogen (secondary N) is 1. The van der Waals surface area contributed by atoms with Gasteiger partial charge >= 0.3 is 0 Å². The van der Waals surface area contributed by atoms with Crippen molar-refractivity contribution < 1.29 is 4.74 Å². The molecule has 20 heavy (non-hydrogen) atoms. The van der Waals surface area contributed by atoms with E-state index in [-0.39, 0.29) is 17.9 Å². The summed E-state index contributed by atoms with van der Waals surface area (Å²) in [5.74, 6) is 2.84. The Morgan fingerprint density at radius 2 is 1.65 bits per heavy atom. The molecule has 0 radical (unpaired) electrons. The van der Waals surface area contributed by atoms with Gasteiger partial charge in [0.15, 0.2) is 0 Å². The quantitative estimate of drug-likeness (QED) is 0.806. The third kappa shape index (κ3) is 3.58. The second-order valence-electron chi connectivity index (χ2n) is 7.26. The minimum atomic E-state index is 0. The Morgan fingerprint density at radius 1 is 1.15 bits per heavy atom. The lowest BCUT2D eigenvalue weighted by Gasteiger charge is -2.57. The van der Waals surface area contributed by atoms with Crippen LogP contribution < -0.4 is 5.32 Å². The molecule has 0 amide bonds. The minimum Gasteiger partial charge on any atom is -0.470 e. The van der Waals surface area contributed by atoms with Crippen molar-refractivity contribution >= 4 is 29.8 Å². The Hall–Kier alpha value is -0.0600. The van der Waals surface area contributed by atoms with Crippen LogP contribution in [-0.2, 0) is 4.74 Å². The van der Waals surface area contributed by atoms with Gasteiger partial charge in [0.05, 0.1) is 0 Å². The molecule has 0 aromatic heterocycles. The lowest BCUT2D eigenvalue weighted by atomic mass is 9.53. The Kier molecular flexibility index (Phi) is 5.19. The van der Waals surface area contributed by atoms with Gasteiger partial charge in [0, 0.05) is 12.1 Å². The van der Waals surface area contributed by atoms with Gasteiger partial charge in [-0.3, -0.25) is 0 Å². The van der Waals surface area contributed by atoms with Crippen molar-refractivity contribution in [3.05, 3.63) is 0 Å². The first-order valence-electron chi connectivity index (χ1n) is 7.64. The lowest BCUT2D eigenvalue weighted by Crippen LogP contribution is -2.59. The van der Waals surface area contributed by atoms with Crippen molar-refractivity contribution in [2.75, 3.05) is 27.2 Å². The fraction of sp³-hybridized carbons (Fsp3) is 0.933. The highest BCUT2D eigenvalue weighted by atomic mass is 35.5. The van der Waals surface area contributed by atoms with Crippen molar-refractivity contribution in [3.8, 4) is 0 Å². The standard InChI is InChI=1S/C15H26N2OS.ClH/c1-17(2)3-4-18-14(19)16-15-8-11-5-12(9-15)7-13(6-11)10-15;/h11-13H,3-10H2,1-2H3,(H,16,19);1H. The molecule has 4 aliphatic rings. The molecule has 0 spiro atoms. The van der Waals surface area contributed by atoms with Gasteiger partial charge in [-0.2, -0.15) is 0 Å². The Bertz CT molecular complexity index is 326. The van der Waals surface area contributed by atoms with Crippen molar-refractivity contribution in [2.24, 2.45) is 17.8 Å². The molecule has 0 aromatic rings. The molecule has 116 valence electrons. The van der Waals surface area contributed by atoms with Crippen molar-refractivity contribution in [2.45, 2.75) is 44.1 Å². The molecule has 0 atom stereocenters. The molecule has 0 heterocycles. The van der Waals surface area contributed by atoms with E-state index in [2.05, 4.69) is 24.3 Å². The number of hydrogen-bond acceptors (Lipinski definition) is 3. The molecule has 4 fully saturated rings. The summed E-state index contributed by atoms with van der Waals surface area (Å²) >= 11 is 5.39. The highest BCUT2D eigenvalue weighted by molar-refractivity contribution is 7.80. The summed E-state index contributed by atoms with van der Waals surface area (Å²) in [6.45, 7) is 1.61. The van der Waals surface area contributed by atoms with Crippen molar-refractivity contribution in [1.82, 2.24) is 10.2 Å². The molecule has 4 rings (SSSR count). The first-order chi connectivity index (χ1) is 9.05. The van der Waals surface area contributed by atoms with Crippen LogP contribution in [0.4, 0.5) is 0 Å². The van der Waals surface area contributed by atoms with E-state index in [4.69, 9.17) is 17.0 Å². The maximum Gasteiger partial charge on any atom is 0.257 e. The van der Waals surface area contributed by atoms with Gasteiger partial charge in [-0.1, -0.05) is 0 Å². The number of halogens is 1. The highest BCUT2D eigenvalue weighted by Gasteiger charge is 2.51. The molecule has 0 unspecified atom stereocenters.